The average molecular weight is 259 g/mol. The van der Waals surface area contributed by atoms with Gasteiger partial charge in [-0.1, -0.05) is 0 Å². The molecule has 3 heteroatoms. The van der Waals surface area contributed by atoms with E-state index in [4.69, 9.17) is 10.4 Å². The summed E-state index contributed by atoms with van der Waals surface area (Å²) in [5.41, 5.74) is 1.40. The molecule has 0 radical (unpaired) electrons. The van der Waals surface area contributed by atoms with Gasteiger partial charge in [0.1, 0.15) is 0 Å². The highest BCUT2D eigenvalue weighted by atomic mass is 127. The molecule has 56 valence electrons. The highest BCUT2D eigenvalue weighted by Crippen LogP contribution is 2.13. The van der Waals surface area contributed by atoms with Crippen molar-refractivity contribution in [3.05, 3.63) is 32.9 Å². The number of aliphatic hydroxyl groups excluding tert-OH is 1. The van der Waals surface area contributed by atoms with Gasteiger partial charge in [0.25, 0.3) is 0 Å². The minimum absolute atomic E-state index is 0.00616. The lowest BCUT2D eigenvalue weighted by molar-refractivity contribution is 0.281. The SMILES string of the molecule is N#Cc1ccc(I)c(CO)c1. The van der Waals surface area contributed by atoms with E-state index >= 15 is 0 Å². The first-order valence-electron chi connectivity index (χ1n) is 3.07. The summed E-state index contributed by atoms with van der Waals surface area (Å²) in [4.78, 5) is 0. The molecule has 2 nitrogen and oxygen atoms in total. The lowest BCUT2D eigenvalue weighted by atomic mass is 10.1. The van der Waals surface area contributed by atoms with Gasteiger partial charge in [-0.2, -0.15) is 5.26 Å². The molecule has 0 spiro atoms. The number of nitrogens with zero attached hydrogens (tertiary/aromatic N) is 1. The predicted molar refractivity (Wildman–Crippen MR) is 49.8 cm³/mol. The summed E-state index contributed by atoms with van der Waals surface area (Å²) in [5.74, 6) is 0. The molecule has 0 bridgehead atoms. The third-order valence-corrected chi connectivity index (χ3v) is 2.40. The number of nitriles is 1. The molecule has 0 unspecified atom stereocenters. The number of rotatable bonds is 1. The topological polar surface area (TPSA) is 44.0 Å². The van der Waals surface area contributed by atoms with E-state index in [0.29, 0.717) is 5.56 Å². The highest BCUT2D eigenvalue weighted by Gasteiger charge is 1.98. The molecule has 0 heterocycles. The number of aliphatic hydroxyl groups is 1. The van der Waals surface area contributed by atoms with Crippen molar-refractivity contribution in [2.75, 3.05) is 0 Å². The van der Waals surface area contributed by atoms with Crippen molar-refractivity contribution >= 4 is 22.6 Å². The fourth-order valence-electron chi connectivity index (χ4n) is 0.765. The first-order chi connectivity index (χ1) is 5.27. The van der Waals surface area contributed by atoms with Crippen LogP contribution in [0.3, 0.4) is 0 Å². The molecule has 0 aromatic heterocycles. The van der Waals surface area contributed by atoms with Gasteiger partial charge in [-0.25, -0.2) is 0 Å². The molecule has 0 amide bonds. The van der Waals surface area contributed by atoms with E-state index in [1.807, 2.05) is 12.1 Å². The molecule has 0 aliphatic rings. The zero-order valence-electron chi connectivity index (χ0n) is 5.71. The molecule has 1 aromatic rings. The van der Waals surface area contributed by atoms with E-state index in [0.717, 1.165) is 9.13 Å². The second-order valence-corrected chi connectivity index (χ2v) is 3.24. The van der Waals surface area contributed by atoms with Gasteiger partial charge in [0.15, 0.2) is 0 Å². The van der Waals surface area contributed by atoms with Crippen molar-refractivity contribution in [2.24, 2.45) is 0 Å². The molecule has 1 aromatic carbocycles. The Hall–Kier alpha value is -0.600. The molecular weight excluding hydrogens is 253 g/mol. The van der Waals surface area contributed by atoms with E-state index in [2.05, 4.69) is 22.6 Å². The average Bonchev–Trinajstić information content (AvgIpc) is 2.05. The van der Waals surface area contributed by atoms with Gasteiger partial charge < -0.3 is 5.11 Å². The van der Waals surface area contributed by atoms with Crippen LogP contribution in [-0.2, 0) is 6.61 Å². The van der Waals surface area contributed by atoms with Crippen molar-refractivity contribution < 1.29 is 5.11 Å². The zero-order valence-corrected chi connectivity index (χ0v) is 7.87. The Balaban J connectivity index is 3.15. The van der Waals surface area contributed by atoms with Crippen LogP contribution in [-0.4, -0.2) is 5.11 Å². The fraction of sp³-hybridized carbons (Fsp3) is 0.125. The van der Waals surface area contributed by atoms with Gasteiger partial charge in [-0.15, -0.1) is 0 Å². The first kappa shape index (κ1) is 8.50. The van der Waals surface area contributed by atoms with Crippen molar-refractivity contribution in [3.8, 4) is 6.07 Å². The van der Waals surface area contributed by atoms with Crippen molar-refractivity contribution in [2.45, 2.75) is 6.61 Å². The molecular formula is C8H6INO. The summed E-state index contributed by atoms with van der Waals surface area (Å²) >= 11 is 2.12. The lowest BCUT2D eigenvalue weighted by Gasteiger charge is -1.98. The van der Waals surface area contributed by atoms with Gasteiger partial charge in [0, 0.05) is 3.57 Å². The van der Waals surface area contributed by atoms with Gasteiger partial charge in [0.2, 0.25) is 0 Å². The van der Waals surface area contributed by atoms with Crippen LogP contribution in [0.2, 0.25) is 0 Å². The third kappa shape index (κ3) is 1.91. The van der Waals surface area contributed by atoms with Crippen molar-refractivity contribution in [3.63, 3.8) is 0 Å². The van der Waals surface area contributed by atoms with E-state index in [1.165, 1.54) is 0 Å². The fourth-order valence-corrected chi connectivity index (χ4v) is 1.27. The Morgan fingerprint density at radius 3 is 2.82 bits per heavy atom. The third-order valence-electron chi connectivity index (χ3n) is 1.35. The van der Waals surface area contributed by atoms with Crippen LogP contribution in [0.25, 0.3) is 0 Å². The van der Waals surface area contributed by atoms with Crippen molar-refractivity contribution in [1.82, 2.24) is 0 Å². The summed E-state index contributed by atoms with van der Waals surface area (Å²) in [7, 11) is 0. The van der Waals surface area contributed by atoms with E-state index in [1.54, 1.807) is 12.1 Å². The maximum atomic E-state index is 8.82. The Bertz CT molecular complexity index is 303. The lowest BCUT2D eigenvalue weighted by Crippen LogP contribution is -1.88. The van der Waals surface area contributed by atoms with Crippen LogP contribution in [0.15, 0.2) is 18.2 Å². The maximum Gasteiger partial charge on any atom is 0.0991 e. The van der Waals surface area contributed by atoms with Crippen molar-refractivity contribution in [1.29, 1.82) is 5.26 Å². The minimum Gasteiger partial charge on any atom is -0.392 e. The van der Waals surface area contributed by atoms with E-state index in [-0.39, 0.29) is 6.61 Å². The molecule has 0 atom stereocenters. The van der Waals surface area contributed by atoms with E-state index < -0.39 is 0 Å². The van der Waals surface area contributed by atoms with Gasteiger partial charge in [0.05, 0.1) is 18.2 Å². The molecule has 0 fully saturated rings. The number of hydrogen-bond acceptors (Lipinski definition) is 2. The Labute approximate surface area is 78.6 Å². The standard InChI is InChI=1S/C8H6INO/c9-8-2-1-6(4-10)3-7(8)5-11/h1-3,11H,5H2. The first-order valence-corrected chi connectivity index (χ1v) is 4.15. The summed E-state index contributed by atoms with van der Waals surface area (Å²) in [5, 5.41) is 17.3. The number of hydrogen-bond donors (Lipinski definition) is 1. The van der Waals surface area contributed by atoms with Crippen LogP contribution in [0.4, 0.5) is 0 Å². The van der Waals surface area contributed by atoms with Crippen LogP contribution in [0.1, 0.15) is 11.1 Å². The monoisotopic (exact) mass is 259 g/mol. The van der Waals surface area contributed by atoms with Crippen LogP contribution in [0, 0.1) is 14.9 Å². The Morgan fingerprint density at radius 2 is 2.27 bits per heavy atom. The molecule has 11 heavy (non-hydrogen) atoms. The second-order valence-electron chi connectivity index (χ2n) is 2.08. The summed E-state index contributed by atoms with van der Waals surface area (Å²) < 4.78 is 0.990. The molecule has 0 saturated carbocycles. The molecule has 0 aliphatic carbocycles. The molecule has 1 rings (SSSR count). The summed E-state index contributed by atoms with van der Waals surface area (Å²) in [6.07, 6.45) is 0. The highest BCUT2D eigenvalue weighted by molar-refractivity contribution is 14.1. The molecule has 0 saturated heterocycles. The molecule has 0 aliphatic heterocycles. The quantitative estimate of drug-likeness (QED) is 0.779. The predicted octanol–water partition coefficient (Wildman–Crippen LogP) is 1.66. The Kier molecular flexibility index (Phi) is 2.85. The summed E-state index contributed by atoms with van der Waals surface area (Å²) in [6, 6.07) is 7.27. The van der Waals surface area contributed by atoms with Crippen LogP contribution < -0.4 is 0 Å². The molecule has 1 N–H and O–H groups in total. The van der Waals surface area contributed by atoms with Crippen LogP contribution in [0.5, 0.6) is 0 Å². The van der Waals surface area contributed by atoms with Crippen LogP contribution >= 0.6 is 22.6 Å². The Morgan fingerprint density at radius 1 is 1.55 bits per heavy atom. The largest absolute Gasteiger partial charge is 0.392 e. The smallest absolute Gasteiger partial charge is 0.0991 e. The normalized spacial score (nSPS) is 9.18. The number of halogens is 1. The van der Waals surface area contributed by atoms with Gasteiger partial charge >= 0.3 is 0 Å². The number of benzene rings is 1. The zero-order chi connectivity index (χ0) is 8.27. The van der Waals surface area contributed by atoms with Gasteiger partial charge in [-0.3, -0.25) is 0 Å². The summed E-state index contributed by atoms with van der Waals surface area (Å²) in [6.45, 7) is -0.00616. The van der Waals surface area contributed by atoms with E-state index in [9.17, 15) is 0 Å². The maximum absolute atomic E-state index is 8.82. The minimum atomic E-state index is -0.00616. The van der Waals surface area contributed by atoms with Gasteiger partial charge in [-0.05, 0) is 46.4 Å². The second kappa shape index (κ2) is 3.69.